The van der Waals surface area contributed by atoms with E-state index in [1.54, 1.807) is 36.4 Å². The molecule has 0 spiro atoms. The molecule has 198 valence electrons. The average molecular weight is 532 g/mol. The number of fused-ring (bicyclic) bond motifs is 1. The third-order valence-corrected chi connectivity index (χ3v) is 8.63. The van der Waals surface area contributed by atoms with E-state index in [1.165, 1.54) is 61.6 Å². The van der Waals surface area contributed by atoms with Gasteiger partial charge in [0.15, 0.2) is 4.90 Å². The molecule has 3 aromatic carbocycles. The van der Waals surface area contributed by atoms with Gasteiger partial charge in [0, 0.05) is 21.7 Å². The maximum atomic E-state index is 11.9. The molecule has 6 heteroatoms. The first-order valence-corrected chi connectivity index (χ1v) is 16.5. The topological polar surface area (TPSA) is 63.6 Å². The van der Waals surface area contributed by atoms with Crippen molar-refractivity contribution >= 4 is 31.8 Å². The Balaban J connectivity index is 0.000000278. The number of phenolic OH excluding ortho intramolecular Hbond substituents is 1. The number of hydrogen-bond donors (Lipinski definition) is 1. The molecule has 3 rings (SSSR count). The normalized spacial score (nSPS) is 11.4. The van der Waals surface area contributed by atoms with Crippen molar-refractivity contribution in [3.63, 3.8) is 0 Å². The monoisotopic (exact) mass is 531 g/mol. The van der Waals surface area contributed by atoms with Gasteiger partial charge in [0.25, 0.3) is 10.1 Å². The first-order chi connectivity index (χ1) is 17.4. The zero-order valence-electron chi connectivity index (χ0n) is 22.1. The Labute approximate surface area is 221 Å². The van der Waals surface area contributed by atoms with Crippen molar-refractivity contribution in [1.29, 1.82) is 0 Å². The molecule has 0 saturated heterocycles. The van der Waals surface area contributed by atoms with Gasteiger partial charge in [-0.05, 0) is 36.8 Å². The van der Waals surface area contributed by atoms with Gasteiger partial charge in [0.1, 0.15) is 18.3 Å². The van der Waals surface area contributed by atoms with E-state index in [2.05, 4.69) is 25.5 Å². The van der Waals surface area contributed by atoms with E-state index in [0.29, 0.717) is 5.75 Å². The van der Waals surface area contributed by atoms with Crippen LogP contribution in [0.3, 0.4) is 0 Å². The Morgan fingerprint density at radius 2 is 1.22 bits per heavy atom. The number of hydrogen-bond acceptors (Lipinski definition) is 4. The van der Waals surface area contributed by atoms with Crippen LogP contribution in [0.25, 0.3) is 10.8 Å². The zero-order chi connectivity index (χ0) is 26.2. The van der Waals surface area contributed by atoms with Gasteiger partial charge in [-0.1, -0.05) is 101 Å². The van der Waals surface area contributed by atoms with Crippen LogP contribution in [0.1, 0.15) is 71.1 Å². The fourth-order valence-electron chi connectivity index (χ4n) is 4.02. The van der Waals surface area contributed by atoms with Crippen molar-refractivity contribution in [3.05, 3.63) is 66.7 Å². The Bertz CT molecular complexity index is 1110. The number of aromatic hydroxyl groups is 1. The van der Waals surface area contributed by atoms with Crippen molar-refractivity contribution in [2.45, 2.75) is 80.9 Å². The highest BCUT2D eigenvalue weighted by molar-refractivity contribution is 7.95. The van der Waals surface area contributed by atoms with E-state index >= 15 is 0 Å². The van der Waals surface area contributed by atoms with E-state index in [1.807, 2.05) is 24.3 Å². The second kappa shape index (κ2) is 16.7. The summed E-state index contributed by atoms with van der Waals surface area (Å²) >= 11 is 0. The van der Waals surface area contributed by atoms with Crippen LogP contribution >= 0.6 is 0 Å². The fourth-order valence-corrected chi connectivity index (χ4v) is 5.95. The molecule has 1 N–H and O–H groups in total. The third-order valence-electron chi connectivity index (χ3n) is 6.07. The molecule has 0 atom stereocenters. The summed E-state index contributed by atoms with van der Waals surface area (Å²) < 4.78 is 28.8. The molecule has 0 heterocycles. The minimum atomic E-state index is -3.57. The average Bonchev–Trinajstić information content (AvgIpc) is 2.88. The van der Waals surface area contributed by atoms with E-state index in [9.17, 15) is 13.5 Å². The predicted octanol–water partition coefficient (Wildman–Crippen LogP) is 8.10. The summed E-state index contributed by atoms with van der Waals surface area (Å²) in [5.74, 6) is 0.370. The molecule has 0 aliphatic carbocycles. The lowest BCUT2D eigenvalue weighted by Gasteiger charge is -2.05. The molecule has 0 radical (unpaired) electrons. The van der Waals surface area contributed by atoms with Crippen LogP contribution in [0.2, 0.25) is 0 Å². The lowest BCUT2D eigenvalue weighted by Crippen LogP contribution is -2.07. The summed E-state index contributed by atoms with van der Waals surface area (Å²) in [4.78, 5) is 1.56. The maximum Gasteiger partial charge on any atom is 0.296 e. The largest absolute Gasteiger partial charge is 0.507 e. The minimum absolute atomic E-state index is 0.227. The first kappa shape index (κ1) is 30.2. The van der Waals surface area contributed by atoms with Crippen LogP contribution in [-0.2, 0) is 25.2 Å². The number of unbranched alkanes of at least 4 members (excludes halogenated alkanes) is 9. The van der Waals surface area contributed by atoms with Gasteiger partial charge < -0.3 is 5.11 Å². The zero-order valence-corrected chi connectivity index (χ0v) is 23.8. The standard InChI is InChI=1S/C18H30O3S.C12H12OS/c1-2-3-4-5-6-7-8-9-10-14-17-21-22(19,20)18-15-12-11-13-16-18;1-14(2)12-8-7-11(13)9-5-3-4-6-10(9)12/h11-13,15-16H,2-10,14,17H2,1H3;3-8H,1-2H3/p+1. The van der Waals surface area contributed by atoms with Crippen LogP contribution in [0.5, 0.6) is 5.75 Å². The van der Waals surface area contributed by atoms with E-state index in [0.717, 1.165) is 18.2 Å². The predicted molar refractivity (Wildman–Crippen MR) is 155 cm³/mol. The Kier molecular flexibility index (Phi) is 14.0. The van der Waals surface area contributed by atoms with Crippen molar-refractivity contribution in [1.82, 2.24) is 0 Å². The van der Waals surface area contributed by atoms with Crippen molar-refractivity contribution in [3.8, 4) is 5.75 Å². The van der Waals surface area contributed by atoms with Gasteiger partial charge in [-0.25, -0.2) is 0 Å². The van der Waals surface area contributed by atoms with Gasteiger partial charge in [0.05, 0.1) is 11.5 Å². The second-order valence-corrected chi connectivity index (χ2v) is 12.9. The first-order valence-electron chi connectivity index (χ1n) is 13.1. The van der Waals surface area contributed by atoms with Gasteiger partial charge >= 0.3 is 0 Å². The molecule has 0 aliphatic rings. The van der Waals surface area contributed by atoms with Crippen LogP contribution in [0, 0.1) is 0 Å². The van der Waals surface area contributed by atoms with Crippen LogP contribution in [0.15, 0.2) is 76.5 Å². The van der Waals surface area contributed by atoms with E-state index in [-0.39, 0.29) is 22.4 Å². The summed E-state index contributed by atoms with van der Waals surface area (Å²) in [5, 5.41) is 11.8. The van der Waals surface area contributed by atoms with Gasteiger partial charge in [0.2, 0.25) is 0 Å². The lowest BCUT2D eigenvalue weighted by molar-refractivity contribution is 0.306. The highest BCUT2D eigenvalue weighted by atomic mass is 32.2. The van der Waals surface area contributed by atoms with E-state index < -0.39 is 10.1 Å². The van der Waals surface area contributed by atoms with Crippen molar-refractivity contribution in [2.24, 2.45) is 0 Å². The van der Waals surface area contributed by atoms with Gasteiger partial charge in [-0.3, -0.25) is 4.18 Å². The number of benzene rings is 3. The Hall–Kier alpha value is -2.02. The highest BCUT2D eigenvalue weighted by Crippen LogP contribution is 2.29. The summed E-state index contributed by atoms with van der Waals surface area (Å²) in [6, 6.07) is 20.1. The van der Waals surface area contributed by atoms with Gasteiger partial charge in [-0.2, -0.15) is 8.42 Å². The molecule has 0 fully saturated rings. The summed E-state index contributed by atoms with van der Waals surface area (Å²) in [6.07, 6.45) is 16.7. The Morgan fingerprint density at radius 1 is 0.694 bits per heavy atom. The van der Waals surface area contributed by atoms with Crippen LogP contribution in [0.4, 0.5) is 0 Å². The SMILES string of the molecule is CCCCCCCCCCCCOS(=O)(=O)c1ccccc1.C[S+](C)c1ccc(O)c2ccccc12. The lowest BCUT2D eigenvalue weighted by atomic mass is 10.1. The second-order valence-electron chi connectivity index (χ2n) is 9.22. The molecular formula is C30H43O4S2+. The molecular weight excluding hydrogens is 488 g/mol. The van der Waals surface area contributed by atoms with E-state index in [4.69, 9.17) is 4.18 Å². The van der Waals surface area contributed by atoms with Crippen LogP contribution in [-0.4, -0.2) is 32.6 Å². The highest BCUT2D eigenvalue weighted by Gasteiger charge is 2.14. The fraction of sp³-hybridized carbons (Fsp3) is 0.467. The van der Waals surface area contributed by atoms with Crippen molar-refractivity contribution in [2.75, 3.05) is 19.1 Å². The molecule has 0 aromatic heterocycles. The smallest absolute Gasteiger partial charge is 0.296 e. The number of rotatable bonds is 14. The summed E-state index contributed by atoms with van der Waals surface area (Å²) in [7, 11) is -3.34. The number of phenols is 1. The molecule has 4 nitrogen and oxygen atoms in total. The van der Waals surface area contributed by atoms with Gasteiger partial charge in [-0.15, -0.1) is 0 Å². The Morgan fingerprint density at radius 3 is 1.81 bits per heavy atom. The third kappa shape index (κ3) is 10.5. The quantitative estimate of drug-likeness (QED) is 0.130. The molecule has 0 unspecified atom stereocenters. The minimum Gasteiger partial charge on any atom is -0.507 e. The molecule has 0 aliphatic heterocycles. The molecule has 36 heavy (non-hydrogen) atoms. The molecule has 3 aromatic rings. The summed E-state index contributed by atoms with van der Waals surface area (Å²) in [5.41, 5.74) is 0. The maximum absolute atomic E-state index is 11.9. The molecule has 0 saturated carbocycles. The van der Waals surface area contributed by atoms with Crippen molar-refractivity contribution < 1.29 is 17.7 Å². The van der Waals surface area contributed by atoms with Crippen LogP contribution < -0.4 is 0 Å². The molecule has 0 bridgehead atoms. The molecule has 0 amide bonds. The summed E-state index contributed by atoms with van der Waals surface area (Å²) in [6.45, 7) is 2.52.